The quantitative estimate of drug-likeness (QED) is 0.637. The molecule has 0 fully saturated rings. The van der Waals surface area contributed by atoms with E-state index in [1.54, 1.807) is 0 Å². The molecule has 0 spiro atoms. The van der Waals surface area contributed by atoms with Gasteiger partial charge in [0.25, 0.3) is 0 Å². The molecule has 0 amide bonds. The Balaban J connectivity index is 0.00000147. The number of aliphatic hydroxyl groups excluding tert-OH is 1. The first-order chi connectivity index (χ1) is 9.20. The predicted octanol–water partition coefficient (Wildman–Crippen LogP) is -1.54. The van der Waals surface area contributed by atoms with E-state index in [0.29, 0.717) is 0 Å². The van der Waals surface area contributed by atoms with Crippen LogP contribution in [0.3, 0.4) is 0 Å². The second-order valence-corrected chi connectivity index (χ2v) is 5.30. The first kappa shape index (κ1) is 21.4. The van der Waals surface area contributed by atoms with Crippen LogP contribution in [-0.2, 0) is 28.3 Å². The Kier molecular flexibility index (Phi) is 8.68. The van der Waals surface area contributed by atoms with Gasteiger partial charge in [-0.25, -0.2) is 0 Å². The van der Waals surface area contributed by atoms with Gasteiger partial charge in [0, 0.05) is 0 Å². The molecule has 0 saturated carbocycles. The monoisotopic (exact) mass is 368 g/mol. The molecule has 1 N–H and O–H groups in total. The Labute approximate surface area is 159 Å². The average molecular weight is 369 g/mol. The Morgan fingerprint density at radius 2 is 1.68 bits per heavy atom. The van der Waals surface area contributed by atoms with Crippen LogP contribution in [0.4, 0.5) is 0 Å². The molecule has 22 heavy (non-hydrogen) atoms. The zero-order valence-electron chi connectivity index (χ0n) is 12.7. The number of hydrogen-bond donors (Lipinski definition) is 1. The largest absolute Gasteiger partial charge is 2.00 e. The molecule has 0 aliphatic heterocycles. The fraction of sp³-hybridized carbons (Fsp3) is 0.222. The molecule has 0 unspecified atom stereocenters. The van der Waals surface area contributed by atoms with Crippen LogP contribution in [0.15, 0.2) is 53.6 Å². The molecule has 0 saturated heterocycles. The summed E-state index contributed by atoms with van der Waals surface area (Å²) in [7, 11) is 0. The van der Waals surface area contributed by atoms with Gasteiger partial charge in [-0.2, -0.15) is 0 Å². The van der Waals surface area contributed by atoms with Crippen molar-refractivity contribution in [3.8, 4) is 0 Å². The van der Waals surface area contributed by atoms with Gasteiger partial charge in [0.1, 0.15) is 0 Å². The third-order valence-electron chi connectivity index (χ3n) is 3.92. The van der Waals surface area contributed by atoms with Crippen molar-refractivity contribution in [3.63, 3.8) is 0 Å². The van der Waals surface area contributed by atoms with Crippen LogP contribution in [0, 0.1) is 0 Å². The van der Waals surface area contributed by atoms with Gasteiger partial charge >= 0.3 is 21.7 Å². The van der Waals surface area contributed by atoms with E-state index in [0.717, 1.165) is 17.4 Å². The maximum atomic E-state index is 9.79. The molecule has 0 aromatic heterocycles. The Morgan fingerprint density at radius 1 is 1.00 bits per heavy atom. The predicted molar refractivity (Wildman–Crippen MR) is 80.8 cm³/mol. The number of rotatable bonds is 2. The molecule has 0 radical (unpaired) electrons. The summed E-state index contributed by atoms with van der Waals surface area (Å²) in [5.41, 5.74) is 6.32. The van der Waals surface area contributed by atoms with Gasteiger partial charge in [-0.05, 0) is 53.3 Å². The van der Waals surface area contributed by atoms with E-state index < -0.39 is 0 Å². The van der Waals surface area contributed by atoms with E-state index in [9.17, 15) is 5.11 Å². The number of hydrogen-bond acceptors (Lipinski definition) is 1. The van der Waals surface area contributed by atoms with Crippen LogP contribution in [0.1, 0.15) is 31.4 Å². The summed E-state index contributed by atoms with van der Waals surface area (Å²) < 4.78 is 0. The first-order valence-corrected chi connectivity index (χ1v) is 6.69. The molecular weight excluding hydrogens is 351 g/mol. The topological polar surface area (TPSA) is 20.2 Å². The third kappa shape index (κ3) is 3.85. The summed E-state index contributed by atoms with van der Waals surface area (Å²) in [6, 6.07) is 12.6. The fourth-order valence-electron chi connectivity index (χ4n) is 3.02. The molecule has 1 aliphatic carbocycles. The molecule has 1 aliphatic rings. The number of benzene rings is 2. The summed E-state index contributed by atoms with van der Waals surface area (Å²) >= 11 is 0. The van der Waals surface area contributed by atoms with Crippen LogP contribution in [0.5, 0.6) is 0 Å². The maximum Gasteiger partial charge on any atom is 2.00 e. The van der Waals surface area contributed by atoms with E-state index in [1.807, 2.05) is 12.1 Å². The number of aliphatic hydroxyl groups is 1. The van der Waals surface area contributed by atoms with Crippen molar-refractivity contribution in [2.75, 3.05) is 0 Å². The van der Waals surface area contributed by atoms with Crippen molar-refractivity contribution < 1.29 is 51.6 Å². The normalized spacial score (nSPS) is 13.1. The summed E-state index contributed by atoms with van der Waals surface area (Å²) in [6.07, 6.45) is 3.24. The smallest absolute Gasteiger partial charge is 1.00 e. The van der Waals surface area contributed by atoms with Gasteiger partial charge in [-0.15, -0.1) is 0 Å². The SMILES string of the molecule is CC1=CC(C)=C(c2ccc3ccccc3c2CO)C1.[Cl-].[Cl-].[Ti+2]. The molecule has 0 bridgehead atoms. The Hall–Kier alpha value is -0.566. The minimum absolute atomic E-state index is 0. The van der Waals surface area contributed by atoms with Gasteiger partial charge in [-0.3, -0.25) is 0 Å². The van der Waals surface area contributed by atoms with Gasteiger partial charge in [0.05, 0.1) is 6.61 Å². The average Bonchev–Trinajstić information content (AvgIpc) is 2.76. The van der Waals surface area contributed by atoms with Crippen molar-refractivity contribution >= 4 is 16.3 Å². The van der Waals surface area contributed by atoms with Crippen LogP contribution < -0.4 is 24.8 Å². The third-order valence-corrected chi connectivity index (χ3v) is 3.92. The molecule has 0 heterocycles. The standard InChI is InChI=1S/C18H18O.2ClH.Ti/c1-12-9-13(2)17(10-12)16-8-7-14-5-3-4-6-15(14)18(16)11-19;;;/h3-9,19H,10-11H2,1-2H3;2*1H;/q;;;+2/p-2. The van der Waals surface area contributed by atoms with E-state index in [1.165, 1.54) is 27.7 Å². The maximum absolute atomic E-state index is 9.79. The van der Waals surface area contributed by atoms with Crippen molar-refractivity contribution in [2.45, 2.75) is 26.9 Å². The molecule has 2 aromatic rings. The molecular formula is C18H18Cl2OTi. The molecule has 1 nitrogen and oxygen atoms in total. The number of halogens is 2. The van der Waals surface area contributed by atoms with Crippen LogP contribution >= 0.6 is 0 Å². The van der Waals surface area contributed by atoms with E-state index in [-0.39, 0.29) is 53.1 Å². The van der Waals surface area contributed by atoms with E-state index >= 15 is 0 Å². The van der Waals surface area contributed by atoms with Crippen molar-refractivity contribution in [2.24, 2.45) is 0 Å². The van der Waals surface area contributed by atoms with Crippen molar-refractivity contribution in [1.29, 1.82) is 0 Å². The fourth-order valence-corrected chi connectivity index (χ4v) is 3.02. The molecule has 0 atom stereocenters. The summed E-state index contributed by atoms with van der Waals surface area (Å²) in [5, 5.41) is 12.1. The molecule has 114 valence electrons. The van der Waals surface area contributed by atoms with Gasteiger partial charge in [0.15, 0.2) is 0 Å². The zero-order valence-corrected chi connectivity index (χ0v) is 15.7. The minimum atomic E-state index is 0. The van der Waals surface area contributed by atoms with Gasteiger partial charge in [0.2, 0.25) is 0 Å². The zero-order chi connectivity index (χ0) is 13.4. The minimum Gasteiger partial charge on any atom is -1.00 e. The molecule has 4 heteroatoms. The molecule has 3 rings (SSSR count). The summed E-state index contributed by atoms with van der Waals surface area (Å²) in [5.74, 6) is 0. The number of allylic oxidation sites excluding steroid dienone is 4. The van der Waals surface area contributed by atoms with Crippen LogP contribution in [-0.4, -0.2) is 5.11 Å². The summed E-state index contributed by atoms with van der Waals surface area (Å²) in [6.45, 7) is 4.41. The van der Waals surface area contributed by atoms with Gasteiger partial charge < -0.3 is 29.9 Å². The Bertz CT molecular complexity index is 720. The van der Waals surface area contributed by atoms with E-state index in [4.69, 9.17) is 0 Å². The second kappa shape index (κ2) is 8.91. The van der Waals surface area contributed by atoms with E-state index in [2.05, 4.69) is 44.2 Å². The van der Waals surface area contributed by atoms with Gasteiger partial charge in [-0.1, -0.05) is 48.0 Å². The van der Waals surface area contributed by atoms with Crippen molar-refractivity contribution in [3.05, 3.63) is 64.7 Å². The van der Waals surface area contributed by atoms with Crippen molar-refractivity contribution in [1.82, 2.24) is 0 Å². The second-order valence-electron chi connectivity index (χ2n) is 5.30. The van der Waals surface area contributed by atoms with Crippen LogP contribution in [0.25, 0.3) is 16.3 Å². The van der Waals surface area contributed by atoms with Crippen LogP contribution in [0.2, 0.25) is 0 Å². The number of fused-ring (bicyclic) bond motifs is 1. The Morgan fingerprint density at radius 3 is 2.27 bits per heavy atom. The first-order valence-electron chi connectivity index (χ1n) is 6.69. The summed E-state index contributed by atoms with van der Waals surface area (Å²) in [4.78, 5) is 0. The molecule has 2 aromatic carbocycles.